The standard InChI is InChI=1S/C6H5ClF5N3/c7-1-3-5(6(10,11)12)15(14-13-3)2-4(8)9/h4H,1-2H2. The Labute approximate surface area is 85.8 Å². The zero-order valence-electron chi connectivity index (χ0n) is 7.10. The smallest absolute Gasteiger partial charge is 0.234 e. The normalized spacial score (nSPS) is 12.5. The molecular weight excluding hydrogens is 245 g/mol. The van der Waals surface area contributed by atoms with E-state index in [1.54, 1.807) is 0 Å². The summed E-state index contributed by atoms with van der Waals surface area (Å²) in [5, 5.41) is 6.06. The molecule has 0 saturated carbocycles. The Morgan fingerprint density at radius 1 is 1.33 bits per heavy atom. The van der Waals surface area contributed by atoms with Gasteiger partial charge in [0.05, 0.1) is 5.88 Å². The highest BCUT2D eigenvalue weighted by Gasteiger charge is 2.39. The first-order valence-corrected chi connectivity index (χ1v) is 4.23. The highest BCUT2D eigenvalue weighted by molar-refractivity contribution is 6.16. The fourth-order valence-corrected chi connectivity index (χ4v) is 1.19. The van der Waals surface area contributed by atoms with Crippen LogP contribution < -0.4 is 0 Å². The van der Waals surface area contributed by atoms with Crippen LogP contribution in [0.3, 0.4) is 0 Å². The second-order valence-electron chi connectivity index (χ2n) is 2.59. The van der Waals surface area contributed by atoms with E-state index < -0.39 is 36.4 Å². The van der Waals surface area contributed by atoms with Crippen LogP contribution in [0.25, 0.3) is 0 Å². The van der Waals surface area contributed by atoms with Gasteiger partial charge < -0.3 is 0 Å². The van der Waals surface area contributed by atoms with Crippen molar-refractivity contribution in [2.45, 2.75) is 25.0 Å². The topological polar surface area (TPSA) is 30.7 Å². The monoisotopic (exact) mass is 249 g/mol. The lowest BCUT2D eigenvalue weighted by Gasteiger charge is -2.09. The summed E-state index contributed by atoms with van der Waals surface area (Å²) in [6.45, 7) is -1.15. The van der Waals surface area contributed by atoms with E-state index in [4.69, 9.17) is 11.6 Å². The second kappa shape index (κ2) is 4.30. The Balaban J connectivity index is 3.12. The number of hydrogen-bond donors (Lipinski definition) is 0. The lowest BCUT2D eigenvalue weighted by molar-refractivity contribution is -0.145. The SMILES string of the molecule is FC(F)Cn1nnc(CCl)c1C(F)(F)F. The van der Waals surface area contributed by atoms with Gasteiger partial charge in [0.25, 0.3) is 6.43 Å². The molecule has 1 aromatic rings. The quantitative estimate of drug-likeness (QED) is 0.608. The number of halogens is 6. The Hall–Kier alpha value is -0.920. The lowest BCUT2D eigenvalue weighted by Crippen LogP contribution is -2.19. The molecule has 0 aliphatic carbocycles. The van der Waals surface area contributed by atoms with Crippen LogP contribution in [0.1, 0.15) is 11.4 Å². The van der Waals surface area contributed by atoms with Crippen LogP contribution >= 0.6 is 11.6 Å². The third-order valence-corrected chi connectivity index (χ3v) is 1.76. The van der Waals surface area contributed by atoms with Crippen LogP contribution in [0.5, 0.6) is 0 Å². The first kappa shape index (κ1) is 12.2. The van der Waals surface area contributed by atoms with Crippen molar-refractivity contribution in [3.63, 3.8) is 0 Å². The molecule has 0 fully saturated rings. The van der Waals surface area contributed by atoms with Gasteiger partial charge in [-0.05, 0) is 0 Å². The van der Waals surface area contributed by atoms with Crippen molar-refractivity contribution in [3.05, 3.63) is 11.4 Å². The third kappa shape index (κ3) is 2.77. The summed E-state index contributed by atoms with van der Waals surface area (Å²) in [4.78, 5) is 0. The number of aromatic nitrogens is 3. The summed E-state index contributed by atoms with van der Waals surface area (Å²) in [5.41, 5.74) is -1.87. The highest BCUT2D eigenvalue weighted by Crippen LogP contribution is 2.31. The molecule has 0 radical (unpaired) electrons. The van der Waals surface area contributed by atoms with Crippen LogP contribution in [0, 0.1) is 0 Å². The molecule has 0 spiro atoms. The van der Waals surface area contributed by atoms with Crippen LogP contribution in [0.4, 0.5) is 22.0 Å². The molecule has 0 aliphatic heterocycles. The Morgan fingerprint density at radius 3 is 2.33 bits per heavy atom. The second-order valence-corrected chi connectivity index (χ2v) is 2.86. The van der Waals surface area contributed by atoms with Crippen molar-refractivity contribution >= 4 is 11.6 Å². The number of hydrogen-bond acceptors (Lipinski definition) is 2. The van der Waals surface area contributed by atoms with Crippen molar-refractivity contribution in [1.29, 1.82) is 0 Å². The molecule has 0 unspecified atom stereocenters. The molecule has 86 valence electrons. The largest absolute Gasteiger partial charge is 0.434 e. The van der Waals surface area contributed by atoms with Crippen LogP contribution in [-0.2, 0) is 18.6 Å². The maximum absolute atomic E-state index is 12.4. The zero-order valence-corrected chi connectivity index (χ0v) is 7.86. The van der Waals surface area contributed by atoms with E-state index in [0.29, 0.717) is 0 Å². The third-order valence-electron chi connectivity index (χ3n) is 1.51. The number of rotatable bonds is 3. The molecule has 0 amide bonds. The van der Waals surface area contributed by atoms with Crippen LogP contribution in [0.2, 0.25) is 0 Å². The minimum atomic E-state index is -4.79. The van der Waals surface area contributed by atoms with Crippen molar-refractivity contribution in [1.82, 2.24) is 15.0 Å². The fraction of sp³-hybridized carbons (Fsp3) is 0.667. The van der Waals surface area contributed by atoms with Gasteiger partial charge in [0.1, 0.15) is 12.2 Å². The Kier molecular flexibility index (Phi) is 3.48. The van der Waals surface area contributed by atoms with E-state index in [1.165, 1.54) is 0 Å². The minimum absolute atomic E-state index is 0.113. The summed E-state index contributed by atoms with van der Waals surface area (Å²) in [5.74, 6) is -0.530. The predicted molar refractivity (Wildman–Crippen MR) is 40.6 cm³/mol. The molecule has 15 heavy (non-hydrogen) atoms. The van der Waals surface area contributed by atoms with Crippen LogP contribution in [0.15, 0.2) is 0 Å². The van der Waals surface area contributed by atoms with Gasteiger partial charge in [0, 0.05) is 0 Å². The van der Waals surface area contributed by atoms with Gasteiger partial charge in [-0.15, -0.1) is 16.7 Å². The average Bonchev–Trinajstić information content (AvgIpc) is 2.45. The Morgan fingerprint density at radius 2 is 1.93 bits per heavy atom. The summed E-state index contributed by atoms with van der Waals surface area (Å²) in [7, 11) is 0. The van der Waals surface area contributed by atoms with E-state index in [2.05, 4.69) is 10.3 Å². The molecule has 0 N–H and O–H groups in total. The van der Waals surface area contributed by atoms with Crippen molar-refractivity contribution in [2.24, 2.45) is 0 Å². The van der Waals surface area contributed by atoms with E-state index in [-0.39, 0.29) is 4.68 Å². The fourth-order valence-electron chi connectivity index (χ4n) is 1.01. The van der Waals surface area contributed by atoms with Gasteiger partial charge in [-0.1, -0.05) is 5.21 Å². The summed E-state index contributed by atoms with van der Waals surface area (Å²) < 4.78 is 61.1. The van der Waals surface area contributed by atoms with Gasteiger partial charge in [0.15, 0.2) is 5.69 Å². The Bertz CT molecular complexity index is 334. The van der Waals surface area contributed by atoms with Gasteiger partial charge >= 0.3 is 6.18 Å². The molecule has 0 aliphatic rings. The highest BCUT2D eigenvalue weighted by atomic mass is 35.5. The average molecular weight is 250 g/mol. The van der Waals surface area contributed by atoms with Gasteiger partial charge in [-0.2, -0.15) is 13.2 Å². The summed E-state index contributed by atoms with van der Waals surface area (Å²) in [6, 6.07) is 0. The molecule has 1 aromatic heterocycles. The van der Waals surface area contributed by atoms with Crippen LogP contribution in [-0.4, -0.2) is 21.4 Å². The van der Waals surface area contributed by atoms with Crippen molar-refractivity contribution < 1.29 is 22.0 Å². The number of alkyl halides is 6. The first-order valence-electron chi connectivity index (χ1n) is 3.70. The van der Waals surface area contributed by atoms with Crippen molar-refractivity contribution in [2.75, 3.05) is 0 Å². The molecule has 1 rings (SSSR count). The maximum atomic E-state index is 12.4. The summed E-state index contributed by atoms with van der Waals surface area (Å²) >= 11 is 5.18. The zero-order chi connectivity index (χ0) is 11.6. The van der Waals surface area contributed by atoms with E-state index in [0.717, 1.165) is 0 Å². The lowest BCUT2D eigenvalue weighted by atomic mass is 10.3. The van der Waals surface area contributed by atoms with E-state index in [9.17, 15) is 22.0 Å². The molecule has 0 atom stereocenters. The molecule has 3 nitrogen and oxygen atoms in total. The van der Waals surface area contributed by atoms with Crippen molar-refractivity contribution in [3.8, 4) is 0 Å². The van der Waals surface area contributed by atoms with E-state index >= 15 is 0 Å². The van der Waals surface area contributed by atoms with Gasteiger partial charge in [-0.3, -0.25) is 0 Å². The molecule has 0 aromatic carbocycles. The van der Waals surface area contributed by atoms with E-state index in [1.807, 2.05) is 0 Å². The van der Waals surface area contributed by atoms with Gasteiger partial charge in [-0.25, -0.2) is 13.5 Å². The molecular formula is C6H5ClF5N3. The summed E-state index contributed by atoms with van der Waals surface area (Å²) in [6.07, 6.45) is -7.72. The van der Waals surface area contributed by atoms with Gasteiger partial charge in [0.2, 0.25) is 0 Å². The molecule has 1 heterocycles. The molecule has 0 saturated heterocycles. The molecule has 9 heteroatoms. The molecule has 0 bridgehead atoms. The first-order chi connectivity index (χ1) is 6.86. The number of nitrogens with zero attached hydrogens (tertiary/aromatic N) is 3. The minimum Gasteiger partial charge on any atom is -0.234 e. The predicted octanol–water partition coefficient (Wildman–Crippen LogP) is 2.30. The maximum Gasteiger partial charge on any atom is 0.434 e.